The van der Waals surface area contributed by atoms with Crippen LogP contribution in [0.2, 0.25) is 0 Å². The number of rotatable bonds is 4. The van der Waals surface area contributed by atoms with Crippen LogP contribution in [-0.4, -0.2) is 28.8 Å². The van der Waals surface area contributed by atoms with Crippen LogP contribution in [-0.2, 0) is 11.3 Å². The van der Waals surface area contributed by atoms with E-state index >= 15 is 0 Å². The summed E-state index contributed by atoms with van der Waals surface area (Å²) in [7, 11) is 0. The van der Waals surface area contributed by atoms with Crippen molar-refractivity contribution in [2.75, 3.05) is 18.8 Å². The number of nitro benzene ring substituents is 1. The summed E-state index contributed by atoms with van der Waals surface area (Å²) in [4.78, 5) is 23.7. The molecule has 1 aliphatic rings. The first-order valence-electron chi connectivity index (χ1n) is 6.52. The molecule has 0 bridgehead atoms. The minimum atomic E-state index is -0.485. The van der Waals surface area contributed by atoms with E-state index in [4.69, 9.17) is 11.5 Å². The molecular weight excluding hydrogens is 260 g/mol. The monoisotopic (exact) mass is 278 g/mol. The second-order valence-electron chi connectivity index (χ2n) is 5.13. The minimum Gasteiger partial charge on any atom is -0.393 e. The molecule has 1 heterocycles. The van der Waals surface area contributed by atoms with Gasteiger partial charge < -0.3 is 11.5 Å². The number of nitrogens with zero attached hydrogens (tertiary/aromatic N) is 2. The Bertz CT molecular complexity index is 532. The Hall–Kier alpha value is -2.15. The third-order valence-electron chi connectivity index (χ3n) is 3.61. The van der Waals surface area contributed by atoms with Gasteiger partial charge in [-0.1, -0.05) is 6.07 Å². The number of anilines is 1. The van der Waals surface area contributed by atoms with Crippen LogP contribution in [0.1, 0.15) is 18.4 Å². The Kier molecular flexibility index (Phi) is 4.19. The number of nitrogens with two attached hydrogens (primary N) is 2. The van der Waals surface area contributed by atoms with Crippen molar-refractivity contribution in [3.63, 3.8) is 0 Å². The van der Waals surface area contributed by atoms with E-state index in [1.54, 1.807) is 12.1 Å². The normalized spacial score (nSPS) is 19.7. The molecule has 7 nitrogen and oxygen atoms in total. The van der Waals surface area contributed by atoms with Gasteiger partial charge in [-0.05, 0) is 31.0 Å². The number of likely N-dealkylation sites (tertiary alicyclic amines) is 1. The summed E-state index contributed by atoms with van der Waals surface area (Å²) in [6.07, 6.45) is 1.72. The molecule has 0 aliphatic carbocycles. The zero-order chi connectivity index (χ0) is 14.7. The maximum absolute atomic E-state index is 11.2. The molecule has 0 aromatic heterocycles. The van der Waals surface area contributed by atoms with Crippen molar-refractivity contribution < 1.29 is 9.72 Å². The third-order valence-corrected chi connectivity index (χ3v) is 3.61. The molecule has 1 amide bonds. The summed E-state index contributed by atoms with van der Waals surface area (Å²) in [5.41, 5.74) is 11.8. The lowest BCUT2D eigenvalue weighted by Crippen LogP contribution is -2.40. The highest BCUT2D eigenvalue weighted by atomic mass is 16.6. The molecule has 1 aromatic carbocycles. The lowest BCUT2D eigenvalue weighted by molar-refractivity contribution is -0.384. The van der Waals surface area contributed by atoms with Crippen LogP contribution >= 0.6 is 0 Å². The molecule has 2 rings (SSSR count). The van der Waals surface area contributed by atoms with Gasteiger partial charge in [0.15, 0.2) is 0 Å². The quantitative estimate of drug-likeness (QED) is 0.481. The number of primary amides is 1. The first-order valence-corrected chi connectivity index (χ1v) is 6.52. The molecule has 1 fully saturated rings. The van der Waals surface area contributed by atoms with Gasteiger partial charge in [-0.3, -0.25) is 19.8 Å². The number of carbonyl (C=O) groups excluding carboxylic acids is 1. The Morgan fingerprint density at radius 3 is 2.90 bits per heavy atom. The van der Waals surface area contributed by atoms with E-state index in [1.807, 2.05) is 0 Å². The van der Waals surface area contributed by atoms with Gasteiger partial charge in [0, 0.05) is 19.2 Å². The fourth-order valence-electron chi connectivity index (χ4n) is 2.54. The van der Waals surface area contributed by atoms with Gasteiger partial charge in [0.25, 0.3) is 5.69 Å². The Labute approximate surface area is 116 Å². The number of hydrogen-bond donors (Lipinski definition) is 2. The number of carbonyl (C=O) groups is 1. The van der Waals surface area contributed by atoms with E-state index in [-0.39, 0.29) is 23.2 Å². The molecule has 0 radical (unpaired) electrons. The molecule has 108 valence electrons. The molecule has 1 unspecified atom stereocenters. The van der Waals surface area contributed by atoms with Crippen molar-refractivity contribution in [2.24, 2.45) is 11.7 Å². The van der Waals surface area contributed by atoms with Gasteiger partial charge in [-0.15, -0.1) is 0 Å². The van der Waals surface area contributed by atoms with Crippen LogP contribution in [0.25, 0.3) is 0 Å². The van der Waals surface area contributed by atoms with Crippen molar-refractivity contribution in [1.82, 2.24) is 4.90 Å². The minimum absolute atomic E-state index is 0.0778. The highest BCUT2D eigenvalue weighted by Gasteiger charge is 2.24. The smallest absolute Gasteiger partial charge is 0.292 e. The summed E-state index contributed by atoms with van der Waals surface area (Å²) in [6, 6.07) is 4.81. The molecule has 1 aromatic rings. The molecule has 1 atom stereocenters. The van der Waals surface area contributed by atoms with E-state index in [0.717, 1.165) is 24.9 Å². The molecule has 0 spiro atoms. The average Bonchev–Trinajstić information content (AvgIpc) is 2.41. The molecule has 1 aliphatic heterocycles. The number of nitrogen functional groups attached to an aromatic ring is 1. The van der Waals surface area contributed by atoms with Gasteiger partial charge >= 0.3 is 0 Å². The number of nitro groups is 1. The largest absolute Gasteiger partial charge is 0.393 e. The zero-order valence-corrected chi connectivity index (χ0v) is 11.1. The fourth-order valence-corrected chi connectivity index (χ4v) is 2.54. The lowest BCUT2D eigenvalue weighted by Gasteiger charge is -2.31. The standard InChI is InChI=1S/C13H18N4O3/c14-11-4-3-9(6-12(11)17(19)20)7-16-5-1-2-10(8-16)13(15)18/h3-4,6,10H,1-2,5,7-8,14H2,(H2,15,18). The van der Waals surface area contributed by atoms with Crippen LogP contribution in [0.5, 0.6) is 0 Å². The number of amides is 1. The van der Waals surface area contributed by atoms with Crippen LogP contribution in [0.4, 0.5) is 11.4 Å². The topological polar surface area (TPSA) is 115 Å². The predicted octanol–water partition coefficient (Wildman–Crippen LogP) is 0.874. The molecule has 1 saturated heterocycles. The Morgan fingerprint density at radius 1 is 1.50 bits per heavy atom. The highest BCUT2D eigenvalue weighted by molar-refractivity contribution is 5.76. The summed E-state index contributed by atoms with van der Waals surface area (Å²) < 4.78 is 0. The van der Waals surface area contributed by atoms with Crippen molar-refractivity contribution in [3.05, 3.63) is 33.9 Å². The van der Waals surface area contributed by atoms with E-state index in [9.17, 15) is 14.9 Å². The van der Waals surface area contributed by atoms with Crippen molar-refractivity contribution in [2.45, 2.75) is 19.4 Å². The van der Waals surface area contributed by atoms with E-state index in [0.29, 0.717) is 13.1 Å². The van der Waals surface area contributed by atoms with Crippen LogP contribution in [0, 0.1) is 16.0 Å². The van der Waals surface area contributed by atoms with Crippen LogP contribution < -0.4 is 11.5 Å². The molecular formula is C13H18N4O3. The first-order chi connectivity index (χ1) is 9.47. The highest BCUT2D eigenvalue weighted by Crippen LogP contribution is 2.24. The summed E-state index contributed by atoms with van der Waals surface area (Å²) in [6.45, 7) is 2.03. The molecule has 20 heavy (non-hydrogen) atoms. The number of piperidine rings is 1. The van der Waals surface area contributed by atoms with Crippen molar-refractivity contribution in [3.8, 4) is 0 Å². The number of benzene rings is 1. The van der Waals surface area contributed by atoms with Gasteiger partial charge in [-0.25, -0.2) is 0 Å². The molecule has 4 N–H and O–H groups in total. The van der Waals surface area contributed by atoms with Gasteiger partial charge in [0.1, 0.15) is 5.69 Å². The summed E-state index contributed by atoms with van der Waals surface area (Å²) in [5, 5.41) is 10.9. The maximum atomic E-state index is 11.2. The van der Waals surface area contributed by atoms with Gasteiger partial charge in [0.2, 0.25) is 5.91 Å². The predicted molar refractivity (Wildman–Crippen MR) is 74.7 cm³/mol. The first kappa shape index (κ1) is 14.3. The molecule has 0 saturated carbocycles. The third kappa shape index (κ3) is 3.24. The van der Waals surface area contributed by atoms with Crippen molar-refractivity contribution in [1.29, 1.82) is 0 Å². The van der Waals surface area contributed by atoms with Crippen LogP contribution in [0.3, 0.4) is 0 Å². The Balaban J connectivity index is 2.08. The lowest BCUT2D eigenvalue weighted by atomic mass is 9.97. The van der Waals surface area contributed by atoms with E-state index < -0.39 is 4.92 Å². The van der Waals surface area contributed by atoms with Gasteiger partial charge in [-0.2, -0.15) is 0 Å². The summed E-state index contributed by atoms with van der Waals surface area (Å²) >= 11 is 0. The SMILES string of the molecule is NC(=O)C1CCCN(Cc2ccc(N)c([N+](=O)[O-])c2)C1. The number of hydrogen-bond acceptors (Lipinski definition) is 5. The average molecular weight is 278 g/mol. The second kappa shape index (κ2) is 5.87. The maximum Gasteiger partial charge on any atom is 0.292 e. The fraction of sp³-hybridized carbons (Fsp3) is 0.462. The Morgan fingerprint density at radius 2 is 2.25 bits per heavy atom. The second-order valence-corrected chi connectivity index (χ2v) is 5.13. The van der Waals surface area contributed by atoms with Crippen LogP contribution in [0.15, 0.2) is 18.2 Å². The molecule has 7 heteroatoms. The zero-order valence-electron chi connectivity index (χ0n) is 11.1. The summed E-state index contributed by atoms with van der Waals surface area (Å²) in [5.74, 6) is -0.412. The van der Waals surface area contributed by atoms with E-state index in [1.165, 1.54) is 6.07 Å². The van der Waals surface area contributed by atoms with Gasteiger partial charge in [0.05, 0.1) is 10.8 Å². The van der Waals surface area contributed by atoms with E-state index in [2.05, 4.69) is 4.90 Å². The van der Waals surface area contributed by atoms with Crippen molar-refractivity contribution >= 4 is 17.3 Å².